The molecule has 2 nitrogen and oxygen atoms in total. The molecule has 1 aliphatic heterocycles. The molecule has 0 aromatic heterocycles. The Balaban J connectivity index is 2.12. The standard InChI is InChI=1S/C14H14F3NO/c1-2-10-7-13(19)18(8-10)9-11-4-3-5-12(6-11)14(15,16)17/h2-6,10H,1,7-9H2. The Morgan fingerprint density at radius 3 is 2.74 bits per heavy atom. The smallest absolute Gasteiger partial charge is 0.338 e. The molecule has 0 saturated carbocycles. The van der Waals surface area contributed by atoms with Gasteiger partial charge in [0.05, 0.1) is 5.56 Å². The SMILES string of the molecule is C=CC1CC(=O)N(Cc2cccc(C(F)(F)F)c2)C1. The summed E-state index contributed by atoms with van der Waals surface area (Å²) < 4.78 is 37.7. The molecule has 2 rings (SSSR count). The fourth-order valence-corrected chi connectivity index (χ4v) is 2.18. The van der Waals surface area contributed by atoms with Gasteiger partial charge in [-0.1, -0.05) is 18.2 Å². The second-order valence-corrected chi connectivity index (χ2v) is 4.67. The van der Waals surface area contributed by atoms with E-state index in [0.29, 0.717) is 18.5 Å². The normalized spacial score (nSPS) is 19.8. The number of carbonyl (C=O) groups excluding carboxylic acids is 1. The van der Waals surface area contributed by atoms with Crippen molar-refractivity contribution in [2.75, 3.05) is 6.54 Å². The Morgan fingerprint density at radius 1 is 1.42 bits per heavy atom. The van der Waals surface area contributed by atoms with Crippen LogP contribution in [0.1, 0.15) is 17.5 Å². The molecule has 0 bridgehead atoms. The van der Waals surface area contributed by atoms with Gasteiger partial charge in [-0.3, -0.25) is 4.79 Å². The van der Waals surface area contributed by atoms with E-state index in [-0.39, 0.29) is 18.4 Å². The topological polar surface area (TPSA) is 20.3 Å². The van der Waals surface area contributed by atoms with E-state index >= 15 is 0 Å². The first-order valence-corrected chi connectivity index (χ1v) is 5.96. The average molecular weight is 269 g/mol. The summed E-state index contributed by atoms with van der Waals surface area (Å²) in [6.07, 6.45) is -2.25. The molecule has 0 aliphatic carbocycles. The van der Waals surface area contributed by atoms with Crippen LogP contribution in [-0.2, 0) is 17.5 Å². The van der Waals surface area contributed by atoms with E-state index in [9.17, 15) is 18.0 Å². The minimum absolute atomic E-state index is 0.0395. The van der Waals surface area contributed by atoms with Crippen molar-refractivity contribution in [3.8, 4) is 0 Å². The van der Waals surface area contributed by atoms with Crippen molar-refractivity contribution in [1.82, 2.24) is 4.90 Å². The number of likely N-dealkylation sites (tertiary alicyclic amines) is 1. The minimum atomic E-state index is -4.35. The fraction of sp³-hybridized carbons (Fsp3) is 0.357. The minimum Gasteiger partial charge on any atom is -0.338 e. The Labute approximate surface area is 109 Å². The van der Waals surface area contributed by atoms with Crippen LogP contribution in [0.4, 0.5) is 13.2 Å². The van der Waals surface area contributed by atoms with Crippen molar-refractivity contribution >= 4 is 5.91 Å². The van der Waals surface area contributed by atoms with Crippen LogP contribution in [0.2, 0.25) is 0 Å². The second kappa shape index (κ2) is 5.07. The predicted molar refractivity (Wildman–Crippen MR) is 65.2 cm³/mol. The van der Waals surface area contributed by atoms with E-state index in [4.69, 9.17) is 0 Å². The van der Waals surface area contributed by atoms with E-state index in [2.05, 4.69) is 6.58 Å². The molecule has 1 aromatic carbocycles. The van der Waals surface area contributed by atoms with Gasteiger partial charge in [-0.25, -0.2) is 0 Å². The lowest BCUT2D eigenvalue weighted by molar-refractivity contribution is -0.137. The van der Waals surface area contributed by atoms with Crippen molar-refractivity contribution in [2.24, 2.45) is 5.92 Å². The van der Waals surface area contributed by atoms with Crippen LogP contribution in [0.25, 0.3) is 0 Å². The van der Waals surface area contributed by atoms with Crippen LogP contribution >= 0.6 is 0 Å². The highest BCUT2D eigenvalue weighted by atomic mass is 19.4. The maximum atomic E-state index is 12.6. The van der Waals surface area contributed by atoms with E-state index < -0.39 is 11.7 Å². The van der Waals surface area contributed by atoms with Gasteiger partial charge in [0, 0.05) is 25.4 Å². The van der Waals surface area contributed by atoms with Crippen LogP contribution in [0.5, 0.6) is 0 Å². The Kier molecular flexibility index (Phi) is 3.64. The molecular weight excluding hydrogens is 255 g/mol. The molecule has 1 fully saturated rings. The summed E-state index contributed by atoms with van der Waals surface area (Å²) >= 11 is 0. The maximum Gasteiger partial charge on any atom is 0.416 e. The summed E-state index contributed by atoms with van der Waals surface area (Å²) in [7, 11) is 0. The lowest BCUT2D eigenvalue weighted by Gasteiger charge is -2.17. The number of benzene rings is 1. The molecule has 102 valence electrons. The van der Waals surface area contributed by atoms with Gasteiger partial charge >= 0.3 is 6.18 Å². The van der Waals surface area contributed by atoms with Gasteiger partial charge in [-0.2, -0.15) is 13.2 Å². The highest BCUT2D eigenvalue weighted by molar-refractivity contribution is 5.79. The molecule has 1 aliphatic rings. The molecule has 5 heteroatoms. The molecule has 19 heavy (non-hydrogen) atoms. The van der Waals surface area contributed by atoms with Gasteiger partial charge in [0.2, 0.25) is 5.91 Å². The zero-order chi connectivity index (χ0) is 14.0. The zero-order valence-electron chi connectivity index (χ0n) is 10.3. The Morgan fingerprint density at radius 2 is 2.16 bits per heavy atom. The van der Waals surface area contributed by atoms with Crippen LogP contribution < -0.4 is 0 Å². The van der Waals surface area contributed by atoms with E-state index in [1.807, 2.05) is 0 Å². The zero-order valence-corrected chi connectivity index (χ0v) is 10.3. The van der Waals surface area contributed by atoms with Gasteiger partial charge in [-0.05, 0) is 17.7 Å². The highest BCUT2D eigenvalue weighted by Gasteiger charge is 2.31. The van der Waals surface area contributed by atoms with E-state index in [1.54, 1.807) is 17.0 Å². The quantitative estimate of drug-likeness (QED) is 0.771. The van der Waals surface area contributed by atoms with Crippen LogP contribution in [-0.4, -0.2) is 17.4 Å². The van der Waals surface area contributed by atoms with Gasteiger partial charge in [0.1, 0.15) is 0 Å². The third-order valence-corrected chi connectivity index (χ3v) is 3.21. The number of amides is 1. The number of carbonyl (C=O) groups is 1. The van der Waals surface area contributed by atoms with Gasteiger partial charge in [-0.15, -0.1) is 6.58 Å². The molecule has 1 amide bonds. The number of alkyl halides is 3. The summed E-state index contributed by atoms with van der Waals surface area (Å²) in [5, 5.41) is 0. The summed E-state index contributed by atoms with van der Waals surface area (Å²) in [5.41, 5.74) is -0.190. The van der Waals surface area contributed by atoms with Crippen LogP contribution in [0.3, 0.4) is 0 Å². The highest BCUT2D eigenvalue weighted by Crippen LogP contribution is 2.30. The van der Waals surface area contributed by atoms with Crippen LogP contribution in [0, 0.1) is 5.92 Å². The number of halogens is 3. The number of hydrogen-bond donors (Lipinski definition) is 0. The summed E-state index contributed by atoms with van der Waals surface area (Å²) in [6, 6.07) is 5.09. The second-order valence-electron chi connectivity index (χ2n) is 4.67. The first-order valence-electron chi connectivity index (χ1n) is 5.96. The number of hydrogen-bond acceptors (Lipinski definition) is 1. The average Bonchev–Trinajstić information content (AvgIpc) is 2.70. The van der Waals surface area contributed by atoms with E-state index in [1.165, 1.54) is 6.07 Å². The van der Waals surface area contributed by atoms with Gasteiger partial charge in [0.15, 0.2) is 0 Å². The maximum absolute atomic E-state index is 12.6. The summed E-state index contributed by atoms with van der Waals surface area (Å²) in [4.78, 5) is 13.3. The lowest BCUT2D eigenvalue weighted by atomic mass is 10.1. The molecule has 0 N–H and O–H groups in total. The molecule has 1 heterocycles. The lowest BCUT2D eigenvalue weighted by Crippen LogP contribution is -2.24. The van der Waals surface area contributed by atoms with Crippen molar-refractivity contribution in [2.45, 2.75) is 19.1 Å². The largest absolute Gasteiger partial charge is 0.416 e. The Bertz CT molecular complexity index is 496. The van der Waals surface area contributed by atoms with Gasteiger partial charge in [0.25, 0.3) is 0 Å². The molecule has 0 spiro atoms. The number of nitrogens with zero attached hydrogens (tertiary/aromatic N) is 1. The Hall–Kier alpha value is -1.78. The third kappa shape index (κ3) is 3.16. The van der Waals surface area contributed by atoms with Crippen molar-refractivity contribution < 1.29 is 18.0 Å². The van der Waals surface area contributed by atoms with Gasteiger partial charge < -0.3 is 4.90 Å². The van der Waals surface area contributed by atoms with Crippen LogP contribution in [0.15, 0.2) is 36.9 Å². The van der Waals surface area contributed by atoms with E-state index in [0.717, 1.165) is 12.1 Å². The third-order valence-electron chi connectivity index (χ3n) is 3.21. The molecule has 1 saturated heterocycles. The van der Waals surface area contributed by atoms with Crippen molar-refractivity contribution in [3.63, 3.8) is 0 Å². The fourth-order valence-electron chi connectivity index (χ4n) is 2.18. The monoisotopic (exact) mass is 269 g/mol. The van der Waals surface area contributed by atoms with Crippen molar-refractivity contribution in [1.29, 1.82) is 0 Å². The first kappa shape index (κ1) is 13.6. The summed E-state index contributed by atoms with van der Waals surface area (Å²) in [6.45, 7) is 4.38. The molecule has 1 atom stereocenters. The molecule has 1 unspecified atom stereocenters. The summed E-state index contributed by atoms with van der Waals surface area (Å²) in [5.74, 6) is 0.0561. The molecular formula is C14H14F3NO. The first-order chi connectivity index (χ1) is 8.90. The predicted octanol–water partition coefficient (Wildman–Crippen LogP) is 3.24. The number of rotatable bonds is 3. The molecule has 1 aromatic rings. The molecule has 0 radical (unpaired) electrons. The van der Waals surface area contributed by atoms with Crippen molar-refractivity contribution in [3.05, 3.63) is 48.0 Å².